The Hall–Kier alpha value is -3.76. The van der Waals surface area contributed by atoms with Crippen molar-refractivity contribution in [1.82, 2.24) is 23.7 Å². The molecule has 0 radical (unpaired) electrons. The molecule has 6 rings (SSSR count). The molecule has 1 fully saturated rings. The Kier molecular flexibility index (Phi) is 6.59. The smallest absolute Gasteiger partial charge is 0.242 e. The quantitative estimate of drug-likeness (QED) is 0.381. The fourth-order valence-electron chi connectivity index (χ4n) is 5.40. The zero-order valence-electron chi connectivity index (χ0n) is 21.1. The summed E-state index contributed by atoms with van der Waals surface area (Å²) in [5.41, 5.74) is 5.63. The number of nitrogens with zero attached hydrogens (tertiary/aromatic N) is 6. The molecule has 0 N–H and O–H groups in total. The van der Waals surface area contributed by atoms with Crippen LogP contribution in [0.3, 0.4) is 0 Å². The van der Waals surface area contributed by atoms with Gasteiger partial charge in [-0.1, -0.05) is 42.5 Å². The van der Waals surface area contributed by atoms with Gasteiger partial charge in [-0.05, 0) is 41.3 Å². The van der Waals surface area contributed by atoms with E-state index in [2.05, 4.69) is 33.1 Å². The van der Waals surface area contributed by atoms with Gasteiger partial charge in [-0.2, -0.15) is 4.31 Å². The van der Waals surface area contributed by atoms with Crippen molar-refractivity contribution in [1.29, 1.82) is 0 Å². The molecule has 38 heavy (non-hydrogen) atoms. The Bertz CT molecular complexity index is 1560. The normalized spacial score (nSPS) is 16.5. The fourth-order valence-corrected chi connectivity index (χ4v) is 6.90. The number of hydrogen-bond acceptors (Lipinski definition) is 6. The number of rotatable bonds is 6. The van der Waals surface area contributed by atoms with Gasteiger partial charge >= 0.3 is 0 Å². The Morgan fingerprint density at radius 3 is 2.50 bits per heavy atom. The Morgan fingerprint density at radius 1 is 0.868 bits per heavy atom. The minimum Gasteiger partial charge on any atom is -0.368 e. The van der Waals surface area contributed by atoms with E-state index in [1.165, 1.54) is 5.56 Å². The average molecular weight is 531 g/mol. The van der Waals surface area contributed by atoms with Gasteiger partial charge in [0, 0.05) is 51.2 Å². The molecule has 0 aliphatic carbocycles. The zero-order chi connectivity index (χ0) is 26.1. The van der Waals surface area contributed by atoms with Crippen LogP contribution >= 0.6 is 0 Å². The number of fused-ring (bicyclic) bond motifs is 2. The van der Waals surface area contributed by atoms with E-state index < -0.39 is 10.0 Å². The molecule has 10 heteroatoms. The number of anilines is 1. The highest BCUT2D eigenvalue weighted by Crippen LogP contribution is 2.31. The summed E-state index contributed by atoms with van der Waals surface area (Å²) < 4.78 is 29.9. The topological polar surface area (TPSA) is 91.6 Å². The van der Waals surface area contributed by atoms with Gasteiger partial charge in [-0.25, -0.2) is 18.4 Å². The number of aromatic nitrogens is 3. The second kappa shape index (κ2) is 10.2. The maximum atomic E-state index is 13.2. The van der Waals surface area contributed by atoms with Crippen LogP contribution in [-0.4, -0.2) is 70.8 Å². The van der Waals surface area contributed by atoms with Crippen LogP contribution in [-0.2, 0) is 40.1 Å². The third-order valence-corrected chi connectivity index (χ3v) is 9.25. The molecule has 4 heterocycles. The van der Waals surface area contributed by atoms with Crippen molar-refractivity contribution < 1.29 is 13.2 Å². The Morgan fingerprint density at radius 2 is 1.68 bits per heavy atom. The van der Waals surface area contributed by atoms with Gasteiger partial charge in [0.25, 0.3) is 0 Å². The lowest BCUT2D eigenvalue weighted by Gasteiger charge is -2.39. The lowest BCUT2D eigenvalue weighted by molar-refractivity contribution is -0.132. The second-order valence-corrected chi connectivity index (χ2v) is 11.8. The van der Waals surface area contributed by atoms with Crippen LogP contribution in [0.1, 0.15) is 16.7 Å². The molecule has 2 aromatic heterocycles. The number of carbonyl (C=O) groups is 1. The van der Waals surface area contributed by atoms with Crippen LogP contribution in [0.4, 0.5) is 5.69 Å². The molecule has 9 nitrogen and oxygen atoms in total. The Labute approximate surface area is 222 Å². The van der Waals surface area contributed by atoms with Crippen LogP contribution in [0.5, 0.6) is 0 Å². The summed E-state index contributed by atoms with van der Waals surface area (Å²) in [4.78, 5) is 25.9. The number of imidazole rings is 1. The summed E-state index contributed by atoms with van der Waals surface area (Å²) in [6.45, 7) is 3.69. The molecule has 0 atom stereocenters. The van der Waals surface area contributed by atoms with Crippen molar-refractivity contribution in [2.45, 2.75) is 25.3 Å². The van der Waals surface area contributed by atoms with Crippen LogP contribution in [0.2, 0.25) is 0 Å². The van der Waals surface area contributed by atoms with Gasteiger partial charge in [0.2, 0.25) is 15.9 Å². The predicted molar refractivity (Wildman–Crippen MR) is 146 cm³/mol. The van der Waals surface area contributed by atoms with Crippen molar-refractivity contribution in [3.63, 3.8) is 0 Å². The summed E-state index contributed by atoms with van der Waals surface area (Å²) in [5, 5.41) is 0. The van der Waals surface area contributed by atoms with Crippen molar-refractivity contribution >= 4 is 32.8 Å². The molecule has 4 aromatic rings. The Balaban J connectivity index is 1.13. The van der Waals surface area contributed by atoms with E-state index in [9.17, 15) is 13.2 Å². The number of amides is 1. The van der Waals surface area contributed by atoms with Crippen LogP contribution in [0, 0.1) is 0 Å². The van der Waals surface area contributed by atoms with Crippen molar-refractivity contribution in [2.24, 2.45) is 0 Å². The molecule has 0 unspecified atom stereocenters. The minimum atomic E-state index is -3.44. The van der Waals surface area contributed by atoms with Crippen molar-refractivity contribution in [3.05, 3.63) is 89.9 Å². The lowest BCUT2D eigenvalue weighted by Crippen LogP contribution is -2.50. The molecular weight excluding hydrogens is 500 g/mol. The highest BCUT2D eigenvalue weighted by molar-refractivity contribution is 7.88. The standard InChI is InChI=1S/C28H30N6O3S/c35-27(19-33-21-30-25-9-5-12-29-28(25)33)32-16-14-31(15-17-32)26-10-4-8-23-11-13-34(18-24(23)26)38(36,37)20-22-6-2-1-3-7-22/h1-10,12,21H,11,13-20H2. The van der Waals surface area contributed by atoms with Gasteiger partial charge in [-0.15, -0.1) is 0 Å². The summed E-state index contributed by atoms with van der Waals surface area (Å²) in [6, 6.07) is 19.3. The third-order valence-electron chi connectivity index (χ3n) is 7.45. The lowest BCUT2D eigenvalue weighted by atomic mass is 9.98. The number of hydrogen-bond donors (Lipinski definition) is 0. The van der Waals surface area contributed by atoms with E-state index in [1.807, 2.05) is 47.4 Å². The van der Waals surface area contributed by atoms with Crippen LogP contribution in [0.15, 0.2) is 73.2 Å². The predicted octanol–water partition coefficient (Wildman–Crippen LogP) is 2.67. The summed E-state index contributed by atoms with van der Waals surface area (Å²) in [5.74, 6) is 0.0521. The summed E-state index contributed by atoms with van der Waals surface area (Å²) in [6.07, 6.45) is 4.07. The first-order valence-corrected chi connectivity index (χ1v) is 14.5. The molecule has 0 saturated carbocycles. The van der Waals surface area contributed by atoms with E-state index in [1.54, 1.807) is 21.4 Å². The van der Waals surface area contributed by atoms with E-state index >= 15 is 0 Å². The number of carbonyl (C=O) groups excluding carboxylic acids is 1. The van der Waals surface area contributed by atoms with E-state index in [0.29, 0.717) is 51.3 Å². The third kappa shape index (κ3) is 4.89. The van der Waals surface area contributed by atoms with Gasteiger partial charge in [0.1, 0.15) is 12.1 Å². The molecule has 1 saturated heterocycles. The van der Waals surface area contributed by atoms with Crippen molar-refractivity contribution in [3.8, 4) is 0 Å². The first-order chi connectivity index (χ1) is 18.5. The van der Waals surface area contributed by atoms with E-state index in [4.69, 9.17) is 0 Å². The van der Waals surface area contributed by atoms with E-state index in [-0.39, 0.29) is 18.2 Å². The van der Waals surface area contributed by atoms with Gasteiger partial charge < -0.3 is 14.4 Å². The fraction of sp³-hybridized carbons (Fsp3) is 0.321. The average Bonchev–Trinajstić information content (AvgIpc) is 3.35. The summed E-state index contributed by atoms with van der Waals surface area (Å²) >= 11 is 0. The number of benzene rings is 2. The highest BCUT2D eigenvalue weighted by atomic mass is 32.2. The van der Waals surface area contributed by atoms with E-state index in [0.717, 1.165) is 22.3 Å². The van der Waals surface area contributed by atoms with Gasteiger partial charge in [-0.3, -0.25) is 4.79 Å². The molecule has 0 spiro atoms. The molecule has 2 aromatic carbocycles. The molecule has 2 aliphatic rings. The van der Waals surface area contributed by atoms with Gasteiger partial charge in [0.05, 0.1) is 12.1 Å². The van der Waals surface area contributed by atoms with Crippen molar-refractivity contribution in [2.75, 3.05) is 37.6 Å². The highest BCUT2D eigenvalue weighted by Gasteiger charge is 2.30. The minimum absolute atomic E-state index is 0.00778. The zero-order valence-corrected chi connectivity index (χ0v) is 21.9. The number of pyridine rings is 1. The van der Waals surface area contributed by atoms with Crippen LogP contribution < -0.4 is 4.90 Å². The van der Waals surface area contributed by atoms with Gasteiger partial charge in [0.15, 0.2) is 5.65 Å². The summed E-state index contributed by atoms with van der Waals surface area (Å²) in [7, 11) is -3.44. The maximum Gasteiger partial charge on any atom is 0.242 e. The molecule has 0 bridgehead atoms. The maximum absolute atomic E-state index is 13.2. The number of sulfonamides is 1. The number of piperazine rings is 1. The molecule has 2 aliphatic heterocycles. The second-order valence-electron chi connectivity index (χ2n) is 9.83. The monoisotopic (exact) mass is 530 g/mol. The molecular formula is C28H30N6O3S. The molecule has 1 amide bonds. The first kappa shape index (κ1) is 24.6. The molecule has 196 valence electrons. The SMILES string of the molecule is O=C(Cn1cnc2cccnc21)N1CCN(c2cccc3c2CN(S(=O)(=O)Cc2ccccc2)CC3)CC1. The van der Waals surface area contributed by atoms with Crippen LogP contribution in [0.25, 0.3) is 11.2 Å². The first-order valence-electron chi connectivity index (χ1n) is 12.9. The largest absolute Gasteiger partial charge is 0.368 e.